The van der Waals surface area contributed by atoms with Crippen LogP contribution in [0.25, 0.3) is 11.1 Å². The minimum absolute atomic E-state index is 0.00205. The molecule has 11 nitrogen and oxygen atoms in total. The van der Waals surface area contributed by atoms with Crippen LogP contribution in [0.5, 0.6) is 0 Å². The van der Waals surface area contributed by atoms with Gasteiger partial charge >= 0.3 is 12.1 Å². The molecular weight excluding hydrogens is 586 g/mol. The molecular formula is C35H45N5O6. The summed E-state index contributed by atoms with van der Waals surface area (Å²) in [5.41, 5.74) is 6.87. The lowest BCUT2D eigenvalue weighted by Crippen LogP contribution is -2.49. The molecule has 1 saturated carbocycles. The number of nitrogens with one attached hydrogen (secondary N) is 3. The zero-order chi connectivity index (χ0) is 32.6. The Balaban J connectivity index is 1.09. The molecule has 3 atom stereocenters. The first kappa shape index (κ1) is 33.1. The molecule has 2 aliphatic carbocycles. The van der Waals surface area contributed by atoms with E-state index in [2.05, 4.69) is 33.3 Å². The average Bonchev–Trinajstić information content (AvgIpc) is 3.63. The van der Waals surface area contributed by atoms with Crippen LogP contribution >= 0.6 is 0 Å². The first-order chi connectivity index (χ1) is 22.3. The van der Waals surface area contributed by atoms with Gasteiger partial charge in [0.1, 0.15) is 18.4 Å². The van der Waals surface area contributed by atoms with Crippen LogP contribution in [0.15, 0.2) is 53.6 Å². The van der Waals surface area contributed by atoms with Crippen molar-refractivity contribution in [1.29, 1.82) is 0 Å². The molecule has 0 bridgehead atoms. The summed E-state index contributed by atoms with van der Waals surface area (Å²) >= 11 is 0. The smallest absolute Gasteiger partial charge is 0.410 e. The van der Waals surface area contributed by atoms with E-state index >= 15 is 0 Å². The standard InChI is InChI=1S/C35H45N5O6/c1-3-24(19-37-39-34(44)36-18-22-13-15-23(16-14-22)32(42)4-2)38-33(43)31-17-25(41)20-40(31)35(45)46-21-30-28-11-7-5-9-26(28)27-10-6-8-12-29(27)30/h5-12,19,22-25,30-31,41H,3-4,13-18,20-21H2,1-2H3,(H,38,43)(H2,36,39,44)/b37-19+/t22?,23?,24-,25+,31-/m0/s1. The number of ketones is 1. The fourth-order valence-electron chi connectivity index (χ4n) is 6.90. The predicted octanol–water partition coefficient (Wildman–Crippen LogP) is 4.34. The van der Waals surface area contributed by atoms with E-state index in [9.17, 15) is 24.3 Å². The van der Waals surface area contributed by atoms with Crippen LogP contribution in [0.1, 0.15) is 75.8 Å². The van der Waals surface area contributed by atoms with E-state index in [4.69, 9.17) is 4.74 Å². The van der Waals surface area contributed by atoms with E-state index in [0.29, 0.717) is 31.1 Å². The second-order valence-electron chi connectivity index (χ2n) is 12.5. The molecule has 4 N–H and O–H groups in total. The van der Waals surface area contributed by atoms with Crippen LogP contribution in [0.2, 0.25) is 0 Å². The monoisotopic (exact) mass is 631 g/mol. The van der Waals surface area contributed by atoms with Crippen LogP contribution in [0.4, 0.5) is 9.59 Å². The molecule has 4 amide bonds. The van der Waals surface area contributed by atoms with E-state index in [1.165, 1.54) is 11.1 Å². The minimum Gasteiger partial charge on any atom is -0.448 e. The van der Waals surface area contributed by atoms with Crippen molar-refractivity contribution in [3.8, 4) is 11.1 Å². The van der Waals surface area contributed by atoms with Gasteiger partial charge < -0.3 is 20.5 Å². The van der Waals surface area contributed by atoms with E-state index in [1.54, 1.807) is 0 Å². The Bertz CT molecular complexity index is 1390. The highest BCUT2D eigenvalue weighted by Gasteiger charge is 2.41. The molecule has 46 heavy (non-hydrogen) atoms. The highest BCUT2D eigenvalue weighted by molar-refractivity contribution is 5.89. The molecule has 0 aromatic heterocycles. The Morgan fingerprint density at radius 3 is 2.28 bits per heavy atom. The number of aliphatic hydroxyl groups is 1. The molecule has 1 saturated heterocycles. The second kappa shape index (κ2) is 15.4. The molecule has 0 spiro atoms. The van der Waals surface area contributed by atoms with Crippen molar-refractivity contribution in [1.82, 2.24) is 21.0 Å². The van der Waals surface area contributed by atoms with Crippen LogP contribution in [-0.4, -0.2) is 77.9 Å². The van der Waals surface area contributed by atoms with E-state index in [-0.39, 0.29) is 31.4 Å². The summed E-state index contributed by atoms with van der Waals surface area (Å²) in [6, 6.07) is 14.3. The summed E-state index contributed by atoms with van der Waals surface area (Å²) in [7, 11) is 0. The third-order valence-corrected chi connectivity index (χ3v) is 9.54. The number of β-amino-alcohol motifs (C(OH)–C–C–N with tert-alkyl or cyclic N) is 1. The lowest BCUT2D eigenvalue weighted by molar-refractivity contribution is -0.125. The highest BCUT2D eigenvalue weighted by Crippen LogP contribution is 2.44. The van der Waals surface area contributed by atoms with Crippen molar-refractivity contribution in [2.45, 2.75) is 82.9 Å². The number of hydrogen-bond acceptors (Lipinski definition) is 7. The van der Waals surface area contributed by atoms with Crippen LogP contribution < -0.4 is 16.1 Å². The third kappa shape index (κ3) is 7.75. The Morgan fingerprint density at radius 1 is 1.00 bits per heavy atom. The van der Waals surface area contributed by atoms with Gasteiger partial charge in [-0.05, 0) is 60.3 Å². The summed E-state index contributed by atoms with van der Waals surface area (Å²) in [4.78, 5) is 52.0. The molecule has 1 heterocycles. The molecule has 1 aliphatic heterocycles. The van der Waals surface area contributed by atoms with Crippen molar-refractivity contribution in [2.75, 3.05) is 19.7 Å². The van der Waals surface area contributed by atoms with Crippen molar-refractivity contribution >= 4 is 30.0 Å². The number of hydrogen-bond donors (Lipinski definition) is 4. The number of amides is 4. The number of aliphatic hydroxyl groups excluding tert-OH is 1. The number of nitrogens with zero attached hydrogens (tertiary/aromatic N) is 2. The maximum atomic E-state index is 13.3. The quantitative estimate of drug-likeness (QED) is 0.214. The maximum Gasteiger partial charge on any atom is 0.410 e. The number of hydrazone groups is 1. The molecule has 246 valence electrons. The van der Waals surface area contributed by atoms with Gasteiger partial charge in [-0.2, -0.15) is 5.10 Å². The topological polar surface area (TPSA) is 149 Å². The lowest BCUT2D eigenvalue weighted by Gasteiger charge is -2.27. The van der Waals surface area contributed by atoms with Gasteiger partial charge in [0.05, 0.1) is 18.7 Å². The molecule has 2 fully saturated rings. The van der Waals surface area contributed by atoms with Gasteiger partial charge in [-0.1, -0.05) is 62.4 Å². The molecule has 2 aromatic carbocycles. The van der Waals surface area contributed by atoms with E-state index < -0.39 is 36.2 Å². The van der Waals surface area contributed by atoms with Gasteiger partial charge in [0, 0.05) is 37.4 Å². The van der Waals surface area contributed by atoms with E-state index in [1.807, 2.05) is 50.2 Å². The number of ether oxygens (including phenoxy) is 1. The first-order valence-corrected chi connectivity index (χ1v) is 16.5. The summed E-state index contributed by atoms with van der Waals surface area (Å²) in [6.07, 6.45) is 4.67. The van der Waals surface area contributed by atoms with E-state index in [0.717, 1.165) is 47.9 Å². The molecule has 3 aliphatic rings. The number of rotatable bonds is 11. The number of Topliss-reactive ketones (excluding diaryl/α,β-unsaturated/α-hetero) is 1. The zero-order valence-corrected chi connectivity index (χ0v) is 26.6. The van der Waals surface area contributed by atoms with Crippen LogP contribution in [0, 0.1) is 11.8 Å². The van der Waals surface area contributed by atoms with Gasteiger partial charge in [0.15, 0.2) is 0 Å². The van der Waals surface area contributed by atoms with Crippen molar-refractivity contribution in [2.24, 2.45) is 16.9 Å². The fourth-order valence-corrected chi connectivity index (χ4v) is 6.90. The highest BCUT2D eigenvalue weighted by atomic mass is 16.6. The Labute approximate surface area is 270 Å². The molecule has 11 heteroatoms. The molecule has 0 radical (unpaired) electrons. The average molecular weight is 632 g/mol. The maximum absolute atomic E-state index is 13.3. The number of urea groups is 1. The first-order valence-electron chi connectivity index (χ1n) is 16.5. The lowest BCUT2D eigenvalue weighted by atomic mass is 9.79. The SMILES string of the molecule is CCC(=O)C1CCC(CNC(=O)N/N=C/[C@H](CC)NC(=O)[C@@H]2C[C@@H](O)CN2C(=O)OCC2c3ccccc3-c3ccccc32)CC1. The number of carbonyl (C=O) groups is 4. The molecule has 5 rings (SSSR count). The van der Waals surface area contributed by atoms with Crippen molar-refractivity contribution < 1.29 is 29.0 Å². The number of carbonyl (C=O) groups excluding carboxylic acids is 4. The third-order valence-electron chi connectivity index (χ3n) is 9.54. The Morgan fingerprint density at radius 2 is 1.65 bits per heavy atom. The fraction of sp³-hybridized carbons (Fsp3) is 0.514. The largest absolute Gasteiger partial charge is 0.448 e. The predicted molar refractivity (Wildman–Crippen MR) is 174 cm³/mol. The van der Waals surface area contributed by atoms with Crippen molar-refractivity contribution in [3.63, 3.8) is 0 Å². The summed E-state index contributed by atoms with van der Waals surface area (Å²) in [5.74, 6) is 0.266. The normalized spacial score (nSPS) is 23.0. The van der Waals surface area contributed by atoms with Crippen LogP contribution in [0.3, 0.4) is 0 Å². The molecule has 0 unspecified atom stereocenters. The van der Waals surface area contributed by atoms with Gasteiger partial charge in [-0.15, -0.1) is 0 Å². The van der Waals surface area contributed by atoms with Gasteiger partial charge in [-0.3, -0.25) is 14.5 Å². The summed E-state index contributed by atoms with van der Waals surface area (Å²) in [5, 5.41) is 20.1. The second-order valence-corrected chi connectivity index (χ2v) is 12.5. The number of likely N-dealkylation sites (tertiary alicyclic amines) is 1. The Hall–Kier alpha value is -4.25. The number of fused-ring (bicyclic) bond motifs is 3. The van der Waals surface area contributed by atoms with Crippen LogP contribution in [-0.2, 0) is 14.3 Å². The summed E-state index contributed by atoms with van der Waals surface area (Å²) < 4.78 is 5.76. The minimum atomic E-state index is -0.896. The molecule has 2 aromatic rings. The van der Waals surface area contributed by atoms with Gasteiger partial charge in [0.2, 0.25) is 5.91 Å². The van der Waals surface area contributed by atoms with Crippen molar-refractivity contribution in [3.05, 3.63) is 59.7 Å². The Kier molecular flexibility index (Phi) is 11.1. The zero-order valence-electron chi connectivity index (χ0n) is 26.6. The number of benzene rings is 2. The van der Waals surface area contributed by atoms with Gasteiger partial charge in [0.25, 0.3) is 0 Å². The summed E-state index contributed by atoms with van der Waals surface area (Å²) in [6.45, 7) is 4.39. The van der Waals surface area contributed by atoms with Gasteiger partial charge in [-0.25, -0.2) is 15.0 Å².